The molecule has 21 heavy (non-hydrogen) atoms. The third kappa shape index (κ3) is 4.50. The van der Waals surface area contributed by atoms with Gasteiger partial charge in [-0.3, -0.25) is 4.79 Å². The molecule has 1 saturated heterocycles. The number of piperidine rings is 1. The Bertz CT molecular complexity index is 593. The molecule has 1 aromatic rings. The Labute approximate surface area is 124 Å². The topological polar surface area (TPSA) is 80.5 Å². The largest absolute Gasteiger partial charge is 0.343 e. The summed E-state index contributed by atoms with van der Waals surface area (Å²) in [6.45, 7) is 0.840. The Morgan fingerprint density at radius 3 is 2.33 bits per heavy atom. The molecule has 5 nitrogen and oxygen atoms in total. The zero-order valence-corrected chi connectivity index (χ0v) is 12.5. The van der Waals surface area contributed by atoms with Gasteiger partial charge in [0.15, 0.2) is 0 Å². The van der Waals surface area contributed by atoms with Crippen molar-refractivity contribution in [3.05, 3.63) is 35.6 Å². The molecule has 0 spiro atoms. The summed E-state index contributed by atoms with van der Waals surface area (Å²) in [7, 11) is -3.51. The van der Waals surface area contributed by atoms with E-state index in [1.807, 2.05) is 0 Å². The van der Waals surface area contributed by atoms with Crippen LogP contribution in [0.3, 0.4) is 0 Å². The third-order valence-electron chi connectivity index (χ3n) is 3.80. The van der Waals surface area contributed by atoms with Crippen molar-refractivity contribution in [3.63, 3.8) is 0 Å². The summed E-state index contributed by atoms with van der Waals surface area (Å²) in [4.78, 5) is 13.7. The first-order valence-corrected chi connectivity index (χ1v) is 8.51. The summed E-state index contributed by atoms with van der Waals surface area (Å²) >= 11 is 0. The molecule has 1 amide bonds. The second-order valence-corrected chi connectivity index (χ2v) is 7.14. The van der Waals surface area contributed by atoms with Gasteiger partial charge in [0.2, 0.25) is 15.9 Å². The number of benzene rings is 1. The van der Waals surface area contributed by atoms with Crippen LogP contribution in [0.1, 0.15) is 24.8 Å². The van der Waals surface area contributed by atoms with Crippen LogP contribution >= 0.6 is 0 Å². The zero-order valence-electron chi connectivity index (χ0n) is 11.7. The Kier molecular flexibility index (Phi) is 4.95. The molecule has 1 aliphatic heterocycles. The van der Waals surface area contributed by atoms with Crippen LogP contribution in [-0.2, 0) is 21.2 Å². The van der Waals surface area contributed by atoms with Crippen molar-refractivity contribution in [2.75, 3.05) is 13.1 Å². The first-order chi connectivity index (χ1) is 9.86. The number of rotatable bonds is 4. The molecule has 1 fully saturated rings. The fraction of sp³-hybridized carbons (Fsp3) is 0.500. The minimum atomic E-state index is -3.51. The van der Waals surface area contributed by atoms with Gasteiger partial charge >= 0.3 is 0 Å². The summed E-state index contributed by atoms with van der Waals surface area (Å²) in [6.07, 6.45) is 1.67. The number of sulfonamides is 1. The van der Waals surface area contributed by atoms with E-state index in [0.717, 1.165) is 5.56 Å². The SMILES string of the molecule is NS(=O)(=O)C1CCN(C(=O)CCc2ccc(F)cc2)CC1. The summed E-state index contributed by atoms with van der Waals surface area (Å²) in [5.74, 6) is -0.303. The van der Waals surface area contributed by atoms with E-state index < -0.39 is 15.3 Å². The van der Waals surface area contributed by atoms with Crippen molar-refractivity contribution in [3.8, 4) is 0 Å². The van der Waals surface area contributed by atoms with Crippen molar-refractivity contribution in [2.45, 2.75) is 30.9 Å². The molecular weight excluding hydrogens is 295 g/mol. The quantitative estimate of drug-likeness (QED) is 0.901. The number of nitrogens with zero attached hydrogens (tertiary/aromatic N) is 1. The lowest BCUT2D eigenvalue weighted by atomic mass is 10.1. The fourth-order valence-electron chi connectivity index (χ4n) is 2.49. The van der Waals surface area contributed by atoms with Gasteiger partial charge in [0, 0.05) is 19.5 Å². The second-order valence-electron chi connectivity index (χ2n) is 5.30. The Hall–Kier alpha value is -1.47. The maximum Gasteiger partial charge on any atom is 0.222 e. The summed E-state index contributed by atoms with van der Waals surface area (Å²) in [5, 5.41) is 4.57. The maximum atomic E-state index is 12.8. The highest BCUT2D eigenvalue weighted by molar-refractivity contribution is 7.89. The molecule has 1 heterocycles. The molecule has 0 radical (unpaired) electrons. The maximum absolute atomic E-state index is 12.8. The molecule has 0 aromatic heterocycles. The molecule has 0 bridgehead atoms. The van der Waals surface area contributed by atoms with E-state index >= 15 is 0 Å². The molecule has 1 aliphatic rings. The number of nitrogens with two attached hydrogens (primary N) is 1. The Morgan fingerprint density at radius 2 is 1.81 bits per heavy atom. The number of amides is 1. The van der Waals surface area contributed by atoms with Gasteiger partial charge in [0.25, 0.3) is 0 Å². The van der Waals surface area contributed by atoms with E-state index in [4.69, 9.17) is 5.14 Å². The van der Waals surface area contributed by atoms with Gasteiger partial charge < -0.3 is 4.90 Å². The van der Waals surface area contributed by atoms with Crippen molar-refractivity contribution in [1.29, 1.82) is 0 Å². The van der Waals surface area contributed by atoms with Crippen molar-refractivity contribution in [2.24, 2.45) is 5.14 Å². The Morgan fingerprint density at radius 1 is 1.24 bits per heavy atom. The van der Waals surface area contributed by atoms with E-state index in [0.29, 0.717) is 38.8 Å². The molecule has 116 valence electrons. The molecule has 0 saturated carbocycles. The highest BCUT2D eigenvalue weighted by Crippen LogP contribution is 2.17. The number of hydrogen-bond donors (Lipinski definition) is 1. The van der Waals surface area contributed by atoms with Crippen LogP contribution in [0.15, 0.2) is 24.3 Å². The highest BCUT2D eigenvalue weighted by Gasteiger charge is 2.28. The highest BCUT2D eigenvalue weighted by atomic mass is 32.2. The molecule has 7 heteroatoms. The number of carbonyl (C=O) groups excluding carboxylic acids is 1. The smallest absolute Gasteiger partial charge is 0.222 e. The van der Waals surface area contributed by atoms with Gasteiger partial charge in [-0.15, -0.1) is 0 Å². The first-order valence-electron chi connectivity index (χ1n) is 6.90. The van der Waals surface area contributed by atoms with E-state index in [1.165, 1.54) is 12.1 Å². The van der Waals surface area contributed by atoms with Crippen LogP contribution in [0.4, 0.5) is 4.39 Å². The van der Waals surface area contributed by atoms with Gasteiger partial charge in [0.1, 0.15) is 5.82 Å². The van der Waals surface area contributed by atoms with Gasteiger partial charge in [-0.25, -0.2) is 17.9 Å². The molecule has 0 aliphatic carbocycles. The van der Waals surface area contributed by atoms with Gasteiger partial charge in [0.05, 0.1) is 5.25 Å². The molecule has 0 atom stereocenters. The summed E-state index contributed by atoms with van der Waals surface area (Å²) in [5.41, 5.74) is 0.907. The minimum absolute atomic E-state index is 0.00723. The molecule has 2 rings (SSSR count). The van der Waals surface area contributed by atoms with Crippen LogP contribution in [0.2, 0.25) is 0 Å². The summed E-state index contributed by atoms with van der Waals surface area (Å²) in [6, 6.07) is 6.07. The number of carbonyl (C=O) groups is 1. The molecule has 1 aromatic carbocycles. The van der Waals surface area contributed by atoms with Crippen LogP contribution < -0.4 is 5.14 Å². The number of hydrogen-bond acceptors (Lipinski definition) is 3. The number of likely N-dealkylation sites (tertiary alicyclic amines) is 1. The zero-order chi connectivity index (χ0) is 15.5. The lowest BCUT2D eigenvalue weighted by molar-refractivity contribution is -0.132. The predicted octanol–water partition coefficient (Wildman–Crippen LogP) is 1.04. The molecule has 2 N–H and O–H groups in total. The lowest BCUT2D eigenvalue weighted by Crippen LogP contribution is -2.44. The molecular formula is C14H19FN2O3S. The second kappa shape index (κ2) is 6.53. The van der Waals surface area contributed by atoms with E-state index in [-0.39, 0.29) is 11.7 Å². The van der Waals surface area contributed by atoms with Crippen LogP contribution in [0, 0.1) is 5.82 Å². The van der Waals surface area contributed by atoms with Crippen molar-refractivity contribution < 1.29 is 17.6 Å². The van der Waals surface area contributed by atoms with Crippen LogP contribution in [0.25, 0.3) is 0 Å². The van der Waals surface area contributed by atoms with Crippen molar-refractivity contribution >= 4 is 15.9 Å². The average Bonchev–Trinajstić information content (AvgIpc) is 2.45. The van der Waals surface area contributed by atoms with Gasteiger partial charge in [-0.1, -0.05) is 12.1 Å². The van der Waals surface area contributed by atoms with Gasteiger partial charge in [-0.05, 0) is 37.0 Å². The first kappa shape index (κ1) is 15.9. The van der Waals surface area contributed by atoms with Gasteiger partial charge in [-0.2, -0.15) is 0 Å². The normalized spacial score (nSPS) is 17.0. The third-order valence-corrected chi connectivity index (χ3v) is 5.20. The number of halogens is 1. The average molecular weight is 314 g/mol. The van der Waals surface area contributed by atoms with Crippen LogP contribution in [0.5, 0.6) is 0 Å². The summed E-state index contributed by atoms with van der Waals surface area (Å²) < 4.78 is 35.3. The predicted molar refractivity (Wildman–Crippen MR) is 77.4 cm³/mol. The standard InChI is InChI=1S/C14H19FN2O3S/c15-12-4-1-11(2-5-12)3-6-14(18)17-9-7-13(8-10-17)21(16,19)20/h1-2,4-5,13H,3,6-10H2,(H2,16,19,20). The Balaban J connectivity index is 1.81. The van der Waals surface area contributed by atoms with E-state index in [2.05, 4.69) is 0 Å². The minimum Gasteiger partial charge on any atom is -0.343 e. The monoisotopic (exact) mass is 314 g/mol. The lowest BCUT2D eigenvalue weighted by Gasteiger charge is -2.31. The van der Waals surface area contributed by atoms with Crippen LogP contribution in [-0.4, -0.2) is 37.6 Å². The van der Waals surface area contributed by atoms with Crippen molar-refractivity contribution in [1.82, 2.24) is 4.90 Å². The number of primary sulfonamides is 1. The van der Waals surface area contributed by atoms with E-state index in [1.54, 1.807) is 17.0 Å². The van der Waals surface area contributed by atoms with E-state index in [9.17, 15) is 17.6 Å². The number of aryl methyl sites for hydroxylation is 1. The molecule has 0 unspecified atom stereocenters. The fourth-order valence-corrected chi connectivity index (χ4v) is 3.36.